The summed E-state index contributed by atoms with van der Waals surface area (Å²) < 4.78 is 75.0. The molecule has 1 aromatic heterocycles. The molecule has 0 saturated carbocycles. The monoisotopic (exact) mass is 984 g/mol. The summed E-state index contributed by atoms with van der Waals surface area (Å²) in [5, 5.41) is -0.666. The molecule has 3 aromatic rings. The van der Waals surface area contributed by atoms with Crippen molar-refractivity contribution in [3.63, 3.8) is 0 Å². The topological polar surface area (TPSA) is 312 Å². The molecule has 3 heterocycles. The van der Waals surface area contributed by atoms with Crippen molar-refractivity contribution in [2.24, 2.45) is 0 Å². The fourth-order valence-electron chi connectivity index (χ4n) is 7.85. The molecule has 0 spiro atoms. The van der Waals surface area contributed by atoms with E-state index in [0.29, 0.717) is 0 Å². The van der Waals surface area contributed by atoms with Crippen LogP contribution >= 0.6 is 0 Å². The number of carbonyl (C=O) groups excluding carboxylic acids is 10. The lowest BCUT2D eigenvalue weighted by atomic mass is 9.85. The minimum Gasteiger partial charge on any atom is -0.463 e. The van der Waals surface area contributed by atoms with Crippen LogP contribution in [0.2, 0.25) is 0 Å². The number of esters is 10. The normalized spacial score (nSPS) is 22.8. The molecule has 24 nitrogen and oxygen atoms in total. The summed E-state index contributed by atoms with van der Waals surface area (Å²) in [6.45, 7) is 8.46. The van der Waals surface area contributed by atoms with E-state index in [0.717, 1.165) is 68.4 Å². The Kier molecular flexibility index (Phi) is 17.2. The number of carbonyl (C=O) groups is 10. The fraction of sp³-hybridized carbons (Fsp3) is 0.457. The molecule has 0 radical (unpaired) electrons. The first-order chi connectivity index (χ1) is 32.9. The highest BCUT2D eigenvalue weighted by atomic mass is 16.7. The standard InChI is InChI=1S/C46H48O24/c1-18(47)58-16-33-38(63-22(5)51)45(67-26(9)55)46(68-27(10)56)43(70-33)36-39(64-23(6)52)34-30(57)15-31(28-11-13-29(14-12-28)60-19(2)48)69-40(34)35(41(36)65-24(7)53)42-44(66-25(8)54)37(62-21(4)50)32(17-59-42)61-20(3)49/h11-15,32-33,37-38,42-46H,16-17H2,1-10H3/t32-,33-,37+,38-,42+,43+,44-,45+,46+/m1/s1. The van der Waals surface area contributed by atoms with Crippen molar-refractivity contribution in [1.82, 2.24) is 0 Å². The Balaban J connectivity index is 2.05. The lowest BCUT2D eigenvalue weighted by Gasteiger charge is -2.45. The van der Waals surface area contributed by atoms with Gasteiger partial charge in [-0.3, -0.25) is 52.7 Å². The van der Waals surface area contributed by atoms with E-state index < -0.39 is 167 Å². The van der Waals surface area contributed by atoms with Crippen molar-refractivity contribution in [3.05, 3.63) is 51.7 Å². The summed E-state index contributed by atoms with van der Waals surface area (Å²) in [6, 6.07) is 6.47. The second-order valence-electron chi connectivity index (χ2n) is 15.6. The summed E-state index contributed by atoms with van der Waals surface area (Å²) in [7, 11) is 0. The van der Waals surface area contributed by atoms with Gasteiger partial charge in [-0.2, -0.15) is 0 Å². The van der Waals surface area contributed by atoms with Crippen LogP contribution in [0.15, 0.2) is 39.5 Å². The maximum atomic E-state index is 14.9. The number of rotatable bonds is 14. The first-order valence-corrected chi connectivity index (χ1v) is 21.1. The summed E-state index contributed by atoms with van der Waals surface area (Å²) in [6.07, 6.45) is -16.5. The van der Waals surface area contributed by atoms with Gasteiger partial charge >= 0.3 is 59.7 Å². The van der Waals surface area contributed by atoms with Crippen LogP contribution in [0, 0.1) is 0 Å². The molecule has 376 valence electrons. The predicted molar refractivity (Wildman–Crippen MR) is 228 cm³/mol. The zero-order chi connectivity index (χ0) is 51.9. The van der Waals surface area contributed by atoms with Gasteiger partial charge in [0.05, 0.1) is 17.7 Å². The second-order valence-corrected chi connectivity index (χ2v) is 15.6. The first-order valence-electron chi connectivity index (χ1n) is 21.1. The summed E-state index contributed by atoms with van der Waals surface area (Å²) in [4.78, 5) is 142. The van der Waals surface area contributed by atoms with Gasteiger partial charge in [-0.1, -0.05) is 0 Å². The number of hydrogen-bond acceptors (Lipinski definition) is 24. The zero-order valence-corrected chi connectivity index (χ0v) is 39.3. The lowest BCUT2D eigenvalue weighted by molar-refractivity contribution is -0.254. The van der Waals surface area contributed by atoms with E-state index in [1.54, 1.807) is 0 Å². The SMILES string of the molecule is CC(=O)OC[C@H]1O[C@@H](c2c(OC(C)=O)c([C@@H]3OC[C@@H](OC(C)=O)[C@H](OC(C)=O)[C@H]3OC(C)=O)c3oc(-c4ccc(OC(C)=O)cc4)cc(=O)c3c2OC(C)=O)[C@H](OC(C)=O)[C@@H](OC(C)=O)[C@@H]1OC(C)=O. The van der Waals surface area contributed by atoms with E-state index in [4.69, 9.17) is 61.3 Å². The average Bonchev–Trinajstić information content (AvgIpc) is 3.22. The third-order valence-corrected chi connectivity index (χ3v) is 9.96. The Morgan fingerprint density at radius 3 is 1.51 bits per heavy atom. The maximum Gasteiger partial charge on any atom is 0.308 e. The zero-order valence-electron chi connectivity index (χ0n) is 39.3. The van der Waals surface area contributed by atoms with Crippen molar-refractivity contribution in [2.75, 3.05) is 13.2 Å². The molecule has 0 bridgehead atoms. The van der Waals surface area contributed by atoms with Gasteiger partial charge in [0.1, 0.15) is 47.6 Å². The quantitative estimate of drug-likeness (QED) is 0.127. The van der Waals surface area contributed by atoms with Gasteiger partial charge in [-0.05, 0) is 24.3 Å². The molecule has 9 atom stereocenters. The van der Waals surface area contributed by atoms with Gasteiger partial charge in [0, 0.05) is 80.9 Å². The number of hydrogen-bond donors (Lipinski definition) is 0. The highest BCUT2D eigenvalue weighted by molar-refractivity contribution is 5.95. The molecule has 2 aromatic carbocycles. The van der Waals surface area contributed by atoms with Crippen LogP contribution in [0.1, 0.15) is 92.6 Å². The van der Waals surface area contributed by atoms with E-state index >= 15 is 0 Å². The Morgan fingerprint density at radius 1 is 0.514 bits per heavy atom. The minimum atomic E-state index is -2.09. The van der Waals surface area contributed by atoms with E-state index in [1.807, 2.05) is 0 Å². The summed E-state index contributed by atoms with van der Waals surface area (Å²) in [5.74, 6) is -11.6. The maximum absolute atomic E-state index is 14.9. The molecule has 2 fully saturated rings. The van der Waals surface area contributed by atoms with E-state index in [1.165, 1.54) is 31.2 Å². The largest absolute Gasteiger partial charge is 0.463 e. The lowest BCUT2D eigenvalue weighted by Crippen LogP contribution is -2.59. The molecule has 0 unspecified atom stereocenters. The Labute approximate surface area is 396 Å². The van der Waals surface area contributed by atoms with Gasteiger partial charge in [-0.25, -0.2) is 0 Å². The van der Waals surface area contributed by atoms with Crippen molar-refractivity contribution in [3.8, 4) is 28.6 Å². The molecule has 24 heteroatoms. The molecule has 5 rings (SSSR count). The fourth-order valence-corrected chi connectivity index (χ4v) is 7.85. The van der Waals surface area contributed by atoms with Crippen LogP contribution in [0.4, 0.5) is 0 Å². The summed E-state index contributed by atoms with van der Waals surface area (Å²) in [5.41, 5.74) is -2.71. The number of benzene rings is 2. The van der Waals surface area contributed by atoms with Crippen LogP contribution < -0.4 is 19.6 Å². The smallest absolute Gasteiger partial charge is 0.308 e. The van der Waals surface area contributed by atoms with Gasteiger partial charge in [-0.15, -0.1) is 0 Å². The van der Waals surface area contributed by atoms with Gasteiger partial charge in [0.15, 0.2) is 53.4 Å². The predicted octanol–water partition coefficient (Wildman–Crippen LogP) is 2.90. The van der Waals surface area contributed by atoms with Crippen molar-refractivity contribution in [2.45, 2.75) is 124 Å². The third kappa shape index (κ3) is 12.9. The first kappa shape index (κ1) is 53.2. The molecule has 2 saturated heterocycles. The Hall–Kier alpha value is -7.73. The van der Waals surface area contributed by atoms with E-state index in [2.05, 4.69) is 0 Å². The molecule has 70 heavy (non-hydrogen) atoms. The van der Waals surface area contributed by atoms with Crippen LogP contribution in [-0.2, 0) is 90.6 Å². The highest BCUT2D eigenvalue weighted by Crippen LogP contribution is 2.53. The number of fused-ring (bicyclic) bond motifs is 1. The molecule has 0 N–H and O–H groups in total. The van der Waals surface area contributed by atoms with Crippen molar-refractivity contribution >= 4 is 70.7 Å². The van der Waals surface area contributed by atoms with Crippen LogP contribution in [0.5, 0.6) is 17.2 Å². The Morgan fingerprint density at radius 2 is 1.00 bits per heavy atom. The Bertz CT molecular complexity index is 2650. The van der Waals surface area contributed by atoms with Crippen LogP contribution in [0.3, 0.4) is 0 Å². The molecule has 0 amide bonds. The summed E-state index contributed by atoms with van der Waals surface area (Å²) >= 11 is 0. The number of ether oxygens (including phenoxy) is 12. The van der Waals surface area contributed by atoms with Crippen LogP contribution in [0.25, 0.3) is 22.3 Å². The van der Waals surface area contributed by atoms with E-state index in [-0.39, 0.29) is 17.1 Å². The average molecular weight is 985 g/mol. The van der Waals surface area contributed by atoms with Crippen molar-refractivity contribution in [1.29, 1.82) is 0 Å². The van der Waals surface area contributed by atoms with Crippen molar-refractivity contribution < 1.29 is 109 Å². The third-order valence-electron chi connectivity index (χ3n) is 9.96. The molecule has 2 aliphatic heterocycles. The minimum absolute atomic E-state index is 0.0995. The molecule has 0 aliphatic carbocycles. The second kappa shape index (κ2) is 22.6. The van der Waals surface area contributed by atoms with Gasteiger partial charge in [0.2, 0.25) is 0 Å². The molecular weight excluding hydrogens is 936 g/mol. The highest BCUT2D eigenvalue weighted by Gasteiger charge is 2.56. The van der Waals surface area contributed by atoms with Gasteiger partial charge in [0.25, 0.3) is 0 Å². The van der Waals surface area contributed by atoms with Crippen LogP contribution in [-0.4, -0.2) is 116 Å². The molecular formula is C46H48O24. The molecule has 2 aliphatic rings. The van der Waals surface area contributed by atoms with Gasteiger partial charge < -0.3 is 61.3 Å². The van der Waals surface area contributed by atoms with E-state index in [9.17, 15) is 52.7 Å².